The molecule has 21 heavy (non-hydrogen) atoms. The van der Waals surface area contributed by atoms with Gasteiger partial charge in [-0.3, -0.25) is 4.90 Å². The van der Waals surface area contributed by atoms with Gasteiger partial charge in [0.05, 0.1) is 17.2 Å². The van der Waals surface area contributed by atoms with Gasteiger partial charge in [-0.05, 0) is 38.5 Å². The minimum absolute atomic E-state index is 0.0606. The van der Waals surface area contributed by atoms with E-state index in [1.54, 1.807) is 39.0 Å². The monoisotopic (exact) mass is 375 g/mol. The van der Waals surface area contributed by atoms with Gasteiger partial charge >= 0.3 is 6.09 Å². The van der Waals surface area contributed by atoms with Crippen LogP contribution in [0.15, 0.2) is 22.7 Å². The predicted octanol–water partition coefficient (Wildman–Crippen LogP) is 3.12. The summed E-state index contributed by atoms with van der Waals surface area (Å²) in [5.41, 5.74) is 0.565. The lowest BCUT2D eigenvalue weighted by molar-refractivity contribution is 0.0582. The molecule has 5 nitrogen and oxygen atoms in total. The Morgan fingerprint density at radius 3 is 2.62 bits per heavy atom. The number of amides is 1. The van der Waals surface area contributed by atoms with Gasteiger partial charge in [-0.25, -0.2) is 13.2 Å². The van der Waals surface area contributed by atoms with E-state index >= 15 is 0 Å². The van der Waals surface area contributed by atoms with E-state index in [4.69, 9.17) is 4.74 Å². The molecule has 1 aromatic carbocycles. The first-order valence-electron chi connectivity index (χ1n) is 6.57. The maximum absolute atomic E-state index is 12.3. The molecule has 0 fully saturated rings. The van der Waals surface area contributed by atoms with E-state index < -0.39 is 21.5 Å². The van der Waals surface area contributed by atoms with Crippen molar-refractivity contribution in [2.24, 2.45) is 0 Å². The second-order valence-electron chi connectivity index (χ2n) is 6.00. The van der Waals surface area contributed by atoms with E-state index in [1.165, 1.54) is 4.90 Å². The topological polar surface area (TPSA) is 63.7 Å². The van der Waals surface area contributed by atoms with E-state index in [2.05, 4.69) is 15.9 Å². The number of carbonyl (C=O) groups excluding carboxylic acids is 1. The molecule has 0 unspecified atom stereocenters. The number of carbonyl (C=O) groups is 1. The third kappa shape index (κ3) is 4.20. The van der Waals surface area contributed by atoms with E-state index in [1.807, 2.05) is 0 Å². The Labute approximate surface area is 133 Å². The summed E-state index contributed by atoms with van der Waals surface area (Å²) in [6.07, 6.45) is -0.529. The fourth-order valence-electron chi connectivity index (χ4n) is 2.08. The Morgan fingerprint density at radius 2 is 2.00 bits per heavy atom. The van der Waals surface area contributed by atoms with Crippen molar-refractivity contribution in [1.29, 1.82) is 0 Å². The fraction of sp³-hybridized carbons (Fsp3) is 0.500. The lowest BCUT2D eigenvalue weighted by Crippen LogP contribution is -2.38. The van der Waals surface area contributed by atoms with Gasteiger partial charge in [-0.2, -0.15) is 0 Å². The van der Waals surface area contributed by atoms with Crippen LogP contribution in [-0.4, -0.2) is 32.4 Å². The van der Waals surface area contributed by atoms with Crippen LogP contribution in [0.4, 0.5) is 10.5 Å². The van der Waals surface area contributed by atoms with Crippen molar-refractivity contribution in [3.63, 3.8) is 0 Å². The van der Waals surface area contributed by atoms with Gasteiger partial charge < -0.3 is 4.74 Å². The quantitative estimate of drug-likeness (QED) is 0.698. The lowest BCUT2D eigenvalue weighted by Gasteiger charge is -2.27. The standard InChI is InChI=1S/C14H18BrNO4S/c1-14(2,3)20-13(17)16-6-7-21(18,19)9-10-4-5-11(15)8-12(10)16/h4-5,8H,6-7,9H2,1-3H3. The van der Waals surface area contributed by atoms with Crippen LogP contribution in [0.3, 0.4) is 0 Å². The smallest absolute Gasteiger partial charge is 0.414 e. The zero-order chi connectivity index (χ0) is 15.8. The number of fused-ring (bicyclic) bond motifs is 1. The third-order valence-corrected chi connectivity index (χ3v) is 5.00. The number of nitrogens with zero attached hydrogens (tertiary/aromatic N) is 1. The van der Waals surface area contributed by atoms with Gasteiger partial charge in [-0.15, -0.1) is 0 Å². The largest absolute Gasteiger partial charge is 0.443 e. The molecule has 7 heteroatoms. The summed E-state index contributed by atoms with van der Waals surface area (Å²) in [5.74, 6) is -0.131. The van der Waals surface area contributed by atoms with Crippen molar-refractivity contribution in [3.05, 3.63) is 28.2 Å². The van der Waals surface area contributed by atoms with Crippen molar-refractivity contribution in [2.75, 3.05) is 17.2 Å². The van der Waals surface area contributed by atoms with Crippen molar-refractivity contribution in [1.82, 2.24) is 0 Å². The van der Waals surface area contributed by atoms with Crippen LogP contribution in [0.1, 0.15) is 26.3 Å². The van der Waals surface area contributed by atoms with Crippen LogP contribution in [0.5, 0.6) is 0 Å². The number of benzene rings is 1. The van der Waals surface area contributed by atoms with E-state index in [0.717, 1.165) is 4.47 Å². The highest BCUT2D eigenvalue weighted by atomic mass is 79.9. The second-order valence-corrected chi connectivity index (χ2v) is 9.10. The van der Waals surface area contributed by atoms with E-state index in [9.17, 15) is 13.2 Å². The molecule has 0 saturated heterocycles. The average Bonchev–Trinajstić information content (AvgIpc) is 2.42. The molecule has 116 valence electrons. The van der Waals surface area contributed by atoms with Crippen LogP contribution in [0.2, 0.25) is 0 Å². The number of hydrogen-bond acceptors (Lipinski definition) is 4. The highest BCUT2D eigenvalue weighted by Crippen LogP contribution is 2.30. The molecule has 0 radical (unpaired) electrons. The van der Waals surface area contributed by atoms with Crippen molar-refractivity contribution < 1.29 is 17.9 Å². The maximum Gasteiger partial charge on any atom is 0.414 e. The zero-order valence-electron chi connectivity index (χ0n) is 12.2. The normalized spacial score (nSPS) is 17.8. The highest BCUT2D eigenvalue weighted by Gasteiger charge is 2.30. The summed E-state index contributed by atoms with van der Waals surface area (Å²) in [5, 5.41) is 0. The summed E-state index contributed by atoms with van der Waals surface area (Å²) in [6.45, 7) is 5.44. The van der Waals surface area contributed by atoms with Gasteiger partial charge in [0.2, 0.25) is 0 Å². The molecule has 2 rings (SSSR count). The minimum Gasteiger partial charge on any atom is -0.443 e. The predicted molar refractivity (Wildman–Crippen MR) is 85.2 cm³/mol. The molecule has 1 aromatic rings. The summed E-state index contributed by atoms with van der Waals surface area (Å²) in [4.78, 5) is 13.7. The number of halogens is 1. The Hall–Kier alpha value is -1.08. The van der Waals surface area contributed by atoms with Gasteiger partial charge in [0.1, 0.15) is 5.60 Å². The summed E-state index contributed by atoms with van der Waals surface area (Å²) in [6, 6.07) is 5.24. The first-order chi connectivity index (χ1) is 9.57. The van der Waals surface area contributed by atoms with Crippen LogP contribution in [0, 0.1) is 0 Å². The number of ether oxygens (including phenoxy) is 1. The average molecular weight is 376 g/mol. The molecule has 0 aliphatic carbocycles. The van der Waals surface area contributed by atoms with Crippen molar-refractivity contribution >= 4 is 37.5 Å². The van der Waals surface area contributed by atoms with Crippen LogP contribution in [-0.2, 0) is 20.3 Å². The zero-order valence-corrected chi connectivity index (χ0v) is 14.6. The second kappa shape index (κ2) is 5.61. The molecular formula is C14H18BrNO4S. The van der Waals surface area contributed by atoms with Gasteiger partial charge in [0.25, 0.3) is 0 Å². The third-order valence-electron chi connectivity index (χ3n) is 2.95. The summed E-state index contributed by atoms with van der Waals surface area (Å²) < 4.78 is 30.1. The van der Waals surface area contributed by atoms with Crippen LogP contribution >= 0.6 is 15.9 Å². The first kappa shape index (κ1) is 16.3. The minimum atomic E-state index is -3.22. The Balaban J connectivity index is 2.44. The molecule has 0 saturated carbocycles. The Morgan fingerprint density at radius 1 is 1.33 bits per heavy atom. The molecule has 1 aliphatic heterocycles. The summed E-state index contributed by atoms with van der Waals surface area (Å²) in [7, 11) is -3.22. The molecule has 0 bridgehead atoms. The molecule has 0 aromatic heterocycles. The van der Waals surface area contributed by atoms with E-state index in [-0.39, 0.29) is 18.1 Å². The van der Waals surface area contributed by atoms with Crippen molar-refractivity contribution in [2.45, 2.75) is 32.1 Å². The molecule has 0 N–H and O–H groups in total. The number of hydrogen-bond donors (Lipinski definition) is 0. The number of anilines is 1. The first-order valence-corrected chi connectivity index (χ1v) is 9.18. The van der Waals surface area contributed by atoms with Gasteiger partial charge in [0, 0.05) is 11.0 Å². The molecule has 1 aliphatic rings. The molecule has 1 heterocycles. The van der Waals surface area contributed by atoms with Gasteiger partial charge in [0.15, 0.2) is 9.84 Å². The summed E-state index contributed by atoms with van der Waals surface area (Å²) >= 11 is 3.35. The van der Waals surface area contributed by atoms with Crippen LogP contribution < -0.4 is 4.90 Å². The van der Waals surface area contributed by atoms with Crippen LogP contribution in [0.25, 0.3) is 0 Å². The highest BCUT2D eigenvalue weighted by molar-refractivity contribution is 9.10. The molecule has 1 amide bonds. The fourth-order valence-corrected chi connectivity index (χ4v) is 3.75. The molecule has 0 atom stereocenters. The maximum atomic E-state index is 12.3. The van der Waals surface area contributed by atoms with Crippen molar-refractivity contribution in [3.8, 4) is 0 Å². The number of rotatable bonds is 0. The number of sulfone groups is 1. The van der Waals surface area contributed by atoms with Gasteiger partial charge in [-0.1, -0.05) is 22.0 Å². The Bertz CT molecular complexity index is 664. The Kier molecular flexibility index (Phi) is 4.35. The SMILES string of the molecule is CC(C)(C)OC(=O)N1CCS(=O)(=O)Cc2ccc(Br)cc21. The van der Waals surface area contributed by atoms with E-state index in [0.29, 0.717) is 11.3 Å². The lowest BCUT2D eigenvalue weighted by atomic mass is 10.2. The molecular weight excluding hydrogens is 358 g/mol. The molecule has 0 spiro atoms.